The van der Waals surface area contributed by atoms with Crippen molar-refractivity contribution in [1.29, 1.82) is 0 Å². The predicted molar refractivity (Wildman–Crippen MR) is 127 cm³/mol. The normalized spacial score (nSPS) is 33.8. The molecule has 1 aromatic rings. The first-order valence-electron chi connectivity index (χ1n) is 12.3. The van der Waals surface area contributed by atoms with Gasteiger partial charge in [-0.05, 0) is 93.6 Å². The van der Waals surface area contributed by atoms with Crippen LogP contribution in [0.5, 0.6) is 0 Å². The molecule has 1 aromatic carbocycles. The summed E-state index contributed by atoms with van der Waals surface area (Å²) < 4.78 is 0. The summed E-state index contributed by atoms with van der Waals surface area (Å²) in [5.41, 5.74) is 6.82. The van der Waals surface area contributed by atoms with Gasteiger partial charge < -0.3 is 5.32 Å². The Morgan fingerprint density at radius 1 is 1.10 bits per heavy atom. The molecule has 1 saturated carbocycles. The van der Waals surface area contributed by atoms with Crippen molar-refractivity contribution in [3.63, 3.8) is 0 Å². The van der Waals surface area contributed by atoms with Gasteiger partial charge in [-0.1, -0.05) is 63.0 Å². The highest BCUT2D eigenvalue weighted by Crippen LogP contribution is 2.62. The van der Waals surface area contributed by atoms with Crippen LogP contribution in [0.1, 0.15) is 90.2 Å². The van der Waals surface area contributed by atoms with Gasteiger partial charge in [0.15, 0.2) is 0 Å². The highest BCUT2D eigenvalue weighted by Gasteiger charge is 2.56. The van der Waals surface area contributed by atoms with Crippen molar-refractivity contribution in [1.82, 2.24) is 0 Å². The van der Waals surface area contributed by atoms with E-state index in [1.807, 2.05) is 0 Å². The zero-order valence-electron chi connectivity index (χ0n) is 20.0. The Bertz CT molecular complexity index is 865. The second-order valence-electron chi connectivity index (χ2n) is 11.4. The summed E-state index contributed by atoms with van der Waals surface area (Å²) in [5.74, 6) is 2.33. The number of nitrogens with one attached hydrogen (secondary N) is 1. The highest BCUT2D eigenvalue weighted by molar-refractivity contribution is 5.96. The van der Waals surface area contributed by atoms with Crippen LogP contribution >= 0.6 is 0 Å². The fourth-order valence-corrected chi connectivity index (χ4v) is 7.24. The summed E-state index contributed by atoms with van der Waals surface area (Å²) in [6.45, 7) is 13.7. The van der Waals surface area contributed by atoms with Crippen molar-refractivity contribution in [2.24, 2.45) is 28.6 Å². The van der Waals surface area contributed by atoms with Gasteiger partial charge in [0.1, 0.15) is 0 Å². The summed E-state index contributed by atoms with van der Waals surface area (Å²) in [5, 5.41) is 3.34. The average Bonchev–Trinajstić information content (AvgIpc) is 2.69. The zero-order chi connectivity index (χ0) is 21.7. The number of amides is 1. The van der Waals surface area contributed by atoms with Gasteiger partial charge in [-0.2, -0.15) is 0 Å². The Labute approximate surface area is 183 Å². The van der Waals surface area contributed by atoms with Gasteiger partial charge in [0, 0.05) is 5.69 Å². The molecule has 3 unspecified atom stereocenters. The quantitative estimate of drug-likeness (QED) is 0.513. The van der Waals surface area contributed by atoms with E-state index in [0.717, 1.165) is 35.9 Å². The van der Waals surface area contributed by atoms with Gasteiger partial charge in [-0.15, -0.1) is 0 Å². The molecular formula is C28H41NO. The molecular weight excluding hydrogens is 366 g/mol. The van der Waals surface area contributed by atoms with Gasteiger partial charge in [0.05, 0.1) is 5.41 Å². The van der Waals surface area contributed by atoms with Crippen LogP contribution in [0.2, 0.25) is 0 Å². The van der Waals surface area contributed by atoms with E-state index in [-0.39, 0.29) is 16.7 Å². The summed E-state index contributed by atoms with van der Waals surface area (Å²) in [4.78, 5) is 13.7. The van der Waals surface area contributed by atoms with Crippen molar-refractivity contribution in [3.05, 3.63) is 40.5 Å². The number of carbonyl (C=O) groups is 1. The summed E-state index contributed by atoms with van der Waals surface area (Å²) in [7, 11) is 0. The fraction of sp³-hybridized carbons (Fsp3) is 0.679. The minimum atomic E-state index is -0.280. The lowest BCUT2D eigenvalue weighted by atomic mass is 9.48. The van der Waals surface area contributed by atoms with Crippen molar-refractivity contribution < 1.29 is 4.79 Å². The van der Waals surface area contributed by atoms with Gasteiger partial charge in [0.2, 0.25) is 5.91 Å². The van der Waals surface area contributed by atoms with Crippen molar-refractivity contribution in [2.45, 2.75) is 92.9 Å². The van der Waals surface area contributed by atoms with E-state index in [2.05, 4.69) is 65.1 Å². The van der Waals surface area contributed by atoms with E-state index >= 15 is 0 Å². The molecule has 0 heterocycles. The first-order chi connectivity index (χ1) is 14.1. The van der Waals surface area contributed by atoms with Crippen LogP contribution in [-0.2, 0) is 4.79 Å². The molecule has 30 heavy (non-hydrogen) atoms. The molecule has 4 rings (SSSR count). The smallest absolute Gasteiger partial charge is 0.230 e. The van der Waals surface area contributed by atoms with Crippen LogP contribution in [0.4, 0.5) is 5.69 Å². The minimum Gasteiger partial charge on any atom is -0.325 e. The standard InChI is InChI=1S/C28H41NO/c1-18(2)21-9-11-23-22(17-21)10-13-25-27(23,5)14-7-15-28(25,6)26(30)29-24-12-8-19(3)16-20(24)4/h8,12,16,18,21,25H,7,9-11,13-15,17H2,1-6H3,(H,29,30)/t21?,25?,27?,28-/m1/s1. The SMILES string of the molecule is Cc1ccc(NC(=O)[C@]2(C)CCCC3(C)C4=C(CCC32)CC(C(C)C)CC4)c(C)c1. The number of carbonyl (C=O) groups excluding carboxylic acids is 1. The lowest BCUT2D eigenvalue weighted by molar-refractivity contribution is -0.135. The van der Waals surface area contributed by atoms with Crippen LogP contribution < -0.4 is 5.32 Å². The van der Waals surface area contributed by atoms with E-state index in [1.165, 1.54) is 44.1 Å². The predicted octanol–water partition coefficient (Wildman–Crippen LogP) is 7.60. The second kappa shape index (κ2) is 7.84. The molecule has 1 fully saturated rings. The zero-order valence-corrected chi connectivity index (χ0v) is 20.0. The molecule has 0 spiro atoms. The maximum atomic E-state index is 13.7. The molecule has 3 aliphatic carbocycles. The maximum absolute atomic E-state index is 13.7. The molecule has 0 bridgehead atoms. The van der Waals surface area contributed by atoms with Crippen LogP contribution in [0, 0.1) is 42.4 Å². The van der Waals surface area contributed by atoms with Crippen LogP contribution in [0.15, 0.2) is 29.3 Å². The Hall–Kier alpha value is -1.57. The number of fused-ring (bicyclic) bond motifs is 2. The summed E-state index contributed by atoms with van der Waals surface area (Å²) in [6, 6.07) is 6.33. The lowest BCUT2D eigenvalue weighted by Gasteiger charge is -2.56. The van der Waals surface area contributed by atoms with Gasteiger partial charge in [-0.25, -0.2) is 0 Å². The van der Waals surface area contributed by atoms with E-state index in [1.54, 1.807) is 11.1 Å². The molecule has 0 aliphatic heterocycles. The number of allylic oxidation sites excluding steroid dienone is 2. The number of aryl methyl sites for hydroxylation is 2. The molecule has 0 saturated heterocycles. The number of hydrogen-bond donors (Lipinski definition) is 1. The van der Waals surface area contributed by atoms with E-state index in [9.17, 15) is 4.79 Å². The summed E-state index contributed by atoms with van der Waals surface area (Å²) in [6.07, 6.45) is 9.73. The second-order valence-corrected chi connectivity index (χ2v) is 11.4. The van der Waals surface area contributed by atoms with E-state index < -0.39 is 0 Å². The first kappa shape index (κ1) is 21.7. The van der Waals surface area contributed by atoms with E-state index in [4.69, 9.17) is 0 Å². The van der Waals surface area contributed by atoms with Crippen LogP contribution in [0.3, 0.4) is 0 Å². The molecule has 3 aliphatic rings. The highest BCUT2D eigenvalue weighted by atomic mass is 16.2. The number of benzene rings is 1. The molecule has 2 nitrogen and oxygen atoms in total. The topological polar surface area (TPSA) is 29.1 Å². The summed E-state index contributed by atoms with van der Waals surface area (Å²) >= 11 is 0. The Morgan fingerprint density at radius 3 is 2.57 bits per heavy atom. The molecule has 4 atom stereocenters. The monoisotopic (exact) mass is 407 g/mol. The Kier molecular flexibility index (Phi) is 5.66. The molecule has 1 N–H and O–H groups in total. The van der Waals surface area contributed by atoms with Gasteiger partial charge in [0.25, 0.3) is 0 Å². The van der Waals surface area contributed by atoms with Crippen LogP contribution in [0.25, 0.3) is 0 Å². The molecule has 1 amide bonds. The van der Waals surface area contributed by atoms with Crippen molar-refractivity contribution in [3.8, 4) is 0 Å². The molecule has 0 radical (unpaired) electrons. The van der Waals surface area contributed by atoms with Crippen LogP contribution in [-0.4, -0.2) is 5.91 Å². The fourth-order valence-electron chi connectivity index (χ4n) is 7.24. The number of anilines is 1. The Balaban J connectivity index is 1.61. The van der Waals surface area contributed by atoms with Crippen molar-refractivity contribution >= 4 is 11.6 Å². The molecule has 2 heteroatoms. The molecule has 164 valence electrons. The van der Waals surface area contributed by atoms with Gasteiger partial charge >= 0.3 is 0 Å². The minimum absolute atomic E-state index is 0.211. The number of hydrogen-bond acceptors (Lipinski definition) is 1. The van der Waals surface area contributed by atoms with Crippen molar-refractivity contribution in [2.75, 3.05) is 5.32 Å². The third kappa shape index (κ3) is 3.55. The average molecular weight is 408 g/mol. The van der Waals surface area contributed by atoms with E-state index in [0.29, 0.717) is 5.92 Å². The largest absolute Gasteiger partial charge is 0.325 e. The van der Waals surface area contributed by atoms with Gasteiger partial charge in [-0.3, -0.25) is 4.79 Å². The third-order valence-corrected chi connectivity index (χ3v) is 9.15. The molecule has 0 aromatic heterocycles. The third-order valence-electron chi connectivity index (χ3n) is 9.15. The maximum Gasteiger partial charge on any atom is 0.230 e. The lowest BCUT2D eigenvalue weighted by Crippen LogP contribution is -2.52. The number of rotatable bonds is 3. The Morgan fingerprint density at radius 2 is 1.87 bits per heavy atom. The first-order valence-corrected chi connectivity index (χ1v) is 12.3.